The zero-order chi connectivity index (χ0) is 15.9. The first kappa shape index (κ1) is 16.8. The molecule has 0 bridgehead atoms. The maximum Gasteiger partial charge on any atom is 0.136 e. The fraction of sp³-hybridized carbons (Fsp3) is 0.333. The minimum atomic E-state index is 0.468. The van der Waals surface area contributed by atoms with Crippen molar-refractivity contribution in [1.29, 1.82) is 0 Å². The number of nitrogens with zero attached hydrogens (tertiary/aromatic N) is 2. The largest absolute Gasteiger partial charge is 0.385 e. The molecule has 2 aromatic rings. The van der Waals surface area contributed by atoms with Crippen molar-refractivity contribution in [2.75, 3.05) is 30.9 Å². The van der Waals surface area contributed by atoms with Crippen LogP contribution in [0.4, 0.5) is 17.3 Å². The summed E-state index contributed by atoms with van der Waals surface area (Å²) in [6, 6.07) is 7.24. The van der Waals surface area contributed by atoms with Crippen LogP contribution in [-0.2, 0) is 4.74 Å². The number of methoxy groups -OCH3 is 1. The van der Waals surface area contributed by atoms with Gasteiger partial charge in [-0.3, -0.25) is 0 Å². The lowest BCUT2D eigenvalue weighted by atomic mass is 10.3. The first-order valence-corrected chi connectivity index (χ1v) is 7.65. The van der Waals surface area contributed by atoms with Gasteiger partial charge in [0.1, 0.15) is 17.5 Å². The Morgan fingerprint density at radius 3 is 2.73 bits per heavy atom. The molecule has 118 valence electrons. The van der Waals surface area contributed by atoms with Gasteiger partial charge in [0.2, 0.25) is 0 Å². The average molecular weight is 341 g/mol. The lowest BCUT2D eigenvalue weighted by Crippen LogP contribution is -2.08. The molecule has 5 nitrogen and oxygen atoms in total. The normalized spacial score (nSPS) is 10.5. The van der Waals surface area contributed by atoms with Crippen LogP contribution in [0.2, 0.25) is 10.0 Å². The van der Waals surface area contributed by atoms with Crippen LogP contribution in [0.25, 0.3) is 0 Å². The summed E-state index contributed by atoms with van der Waals surface area (Å²) in [5.41, 5.74) is 0.706. The third kappa shape index (κ3) is 4.73. The van der Waals surface area contributed by atoms with E-state index in [0.717, 1.165) is 18.8 Å². The molecule has 0 fully saturated rings. The van der Waals surface area contributed by atoms with E-state index in [-0.39, 0.29) is 0 Å². The Morgan fingerprint density at radius 2 is 1.95 bits per heavy atom. The number of aromatic nitrogens is 2. The highest BCUT2D eigenvalue weighted by molar-refractivity contribution is 6.43. The number of halogens is 2. The van der Waals surface area contributed by atoms with Crippen LogP contribution in [0, 0.1) is 6.92 Å². The molecule has 2 rings (SSSR count). The molecule has 0 radical (unpaired) electrons. The van der Waals surface area contributed by atoms with Gasteiger partial charge in [0.05, 0.1) is 15.7 Å². The summed E-state index contributed by atoms with van der Waals surface area (Å²) in [7, 11) is 1.69. The number of nitrogens with one attached hydrogen (secondary N) is 2. The van der Waals surface area contributed by atoms with Crippen LogP contribution < -0.4 is 10.6 Å². The van der Waals surface area contributed by atoms with E-state index in [2.05, 4.69) is 20.6 Å². The van der Waals surface area contributed by atoms with Gasteiger partial charge < -0.3 is 15.4 Å². The van der Waals surface area contributed by atoms with Crippen molar-refractivity contribution in [3.8, 4) is 0 Å². The van der Waals surface area contributed by atoms with Gasteiger partial charge in [-0.25, -0.2) is 9.97 Å². The number of hydrogen-bond donors (Lipinski definition) is 2. The van der Waals surface area contributed by atoms with E-state index in [0.29, 0.717) is 34.0 Å². The Bertz CT molecular complexity index is 637. The van der Waals surface area contributed by atoms with Crippen molar-refractivity contribution in [2.24, 2.45) is 0 Å². The first-order chi connectivity index (χ1) is 10.6. The second-order valence-electron chi connectivity index (χ2n) is 4.69. The molecule has 22 heavy (non-hydrogen) atoms. The standard InChI is InChI=1S/C15H18Cl2N4O/c1-10-19-13(18-7-4-8-22-2)9-14(20-10)21-12-6-3-5-11(16)15(12)17/h3,5-6,9H,4,7-8H2,1-2H3,(H2,18,19,20,21). The van der Waals surface area contributed by atoms with E-state index in [4.69, 9.17) is 27.9 Å². The van der Waals surface area contributed by atoms with Crippen LogP contribution >= 0.6 is 23.2 Å². The van der Waals surface area contributed by atoms with Gasteiger partial charge in [-0.1, -0.05) is 29.3 Å². The van der Waals surface area contributed by atoms with Crippen molar-refractivity contribution < 1.29 is 4.74 Å². The SMILES string of the molecule is COCCCNc1cc(Nc2cccc(Cl)c2Cl)nc(C)n1. The van der Waals surface area contributed by atoms with Crippen molar-refractivity contribution in [3.63, 3.8) is 0 Å². The minimum Gasteiger partial charge on any atom is -0.385 e. The van der Waals surface area contributed by atoms with Crippen molar-refractivity contribution in [1.82, 2.24) is 9.97 Å². The maximum absolute atomic E-state index is 6.17. The van der Waals surface area contributed by atoms with E-state index in [1.165, 1.54) is 0 Å². The molecule has 0 aliphatic carbocycles. The Hall–Kier alpha value is -1.56. The predicted molar refractivity (Wildman–Crippen MR) is 91.5 cm³/mol. The monoisotopic (exact) mass is 340 g/mol. The maximum atomic E-state index is 6.17. The van der Waals surface area contributed by atoms with Gasteiger partial charge in [-0.2, -0.15) is 0 Å². The zero-order valence-corrected chi connectivity index (χ0v) is 14.0. The van der Waals surface area contributed by atoms with Gasteiger partial charge in [0.25, 0.3) is 0 Å². The highest BCUT2D eigenvalue weighted by atomic mass is 35.5. The minimum absolute atomic E-state index is 0.468. The van der Waals surface area contributed by atoms with E-state index in [1.807, 2.05) is 25.1 Å². The smallest absolute Gasteiger partial charge is 0.136 e. The van der Waals surface area contributed by atoms with Crippen LogP contribution in [0.3, 0.4) is 0 Å². The fourth-order valence-electron chi connectivity index (χ4n) is 1.89. The third-order valence-electron chi connectivity index (χ3n) is 2.88. The summed E-state index contributed by atoms with van der Waals surface area (Å²) in [6.07, 6.45) is 0.905. The second kappa shape index (κ2) is 8.17. The summed E-state index contributed by atoms with van der Waals surface area (Å²) in [5, 5.41) is 7.37. The molecule has 1 aromatic carbocycles. The van der Waals surface area contributed by atoms with Gasteiger partial charge in [-0.05, 0) is 25.5 Å². The van der Waals surface area contributed by atoms with Crippen LogP contribution in [-0.4, -0.2) is 30.2 Å². The number of rotatable bonds is 7. The first-order valence-electron chi connectivity index (χ1n) is 6.89. The molecule has 0 aliphatic rings. The summed E-state index contributed by atoms with van der Waals surface area (Å²) in [6.45, 7) is 3.33. The molecule has 7 heteroatoms. The molecule has 2 N–H and O–H groups in total. The summed E-state index contributed by atoms with van der Waals surface area (Å²) < 4.78 is 5.02. The summed E-state index contributed by atoms with van der Waals surface area (Å²) >= 11 is 12.2. The van der Waals surface area contributed by atoms with Gasteiger partial charge in [-0.15, -0.1) is 0 Å². The molecular weight excluding hydrogens is 323 g/mol. The molecular formula is C15H18Cl2N4O. The molecule has 0 saturated carbocycles. The van der Waals surface area contributed by atoms with E-state index >= 15 is 0 Å². The number of aryl methyl sites for hydroxylation is 1. The Balaban J connectivity index is 2.10. The lowest BCUT2D eigenvalue weighted by molar-refractivity contribution is 0.198. The molecule has 0 unspecified atom stereocenters. The number of hydrogen-bond acceptors (Lipinski definition) is 5. The average Bonchev–Trinajstić information content (AvgIpc) is 2.48. The highest BCUT2D eigenvalue weighted by Gasteiger charge is 2.07. The quantitative estimate of drug-likeness (QED) is 0.736. The Kier molecular flexibility index (Phi) is 6.24. The Morgan fingerprint density at radius 1 is 1.18 bits per heavy atom. The van der Waals surface area contributed by atoms with Crippen molar-refractivity contribution in [2.45, 2.75) is 13.3 Å². The molecule has 0 atom stereocenters. The lowest BCUT2D eigenvalue weighted by Gasteiger charge is -2.11. The summed E-state index contributed by atoms with van der Waals surface area (Å²) in [5.74, 6) is 2.08. The fourth-order valence-corrected chi connectivity index (χ4v) is 2.24. The molecule has 1 heterocycles. The van der Waals surface area contributed by atoms with E-state index in [1.54, 1.807) is 13.2 Å². The van der Waals surface area contributed by atoms with Gasteiger partial charge >= 0.3 is 0 Å². The van der Waals surface area contributed by atoms with Crippen LogP contribution in [0.1, 0.15) is 12.2 Å². The molecule has 0 amide bonds. The second-order valence-corrected chi connectivity index (χ2v) is 5.47. The highest BCUT2D eigenvalue weighted by Crippen LogP contribution is 2.31. The summed E-state index contributed by atoms with van der Waals surface area (Å²) in [4.78, 5) is 8.71. The molecule has 0 saturated heterocycles. The van der Waals surface area contributed by atoms with Crippen molar-refractivity contribution >= 4 is 40.5 Å². The molecule has 0 spiro atoms. The van der Waals surface area contributed by atoms with Gasteiger partial charge in [0.15, 0.2) is 0 Å². The topological polar surface area (TPSA) is 59.1 Å². The predicted octanol–water partition coefficient (Wildman–Crippen LogP) is 4.28. The van der Waals surface area contributed by atoms with E-state index < -0.39 is 0 Å². The van der Waals surface area contributed by atoms with Crippen LogP contribution in [0.15, 0.2) is 24.3 Å². The third-order valence-corrected chi connectivity index (χ3v) is 3.70. The Labute approximate surface area is 140 Å². The number of benzene rings is 1. The molecule has 0 aliphatic heterocycles. The van der Waals surface area contributed by atoms with Crippen LogP contribution in [0.5, 0.6) is 0 Å². The number of anilines is 3. The number of ether oxygens (including phenoxy) is 1. The van der Waals surface area contributed by atoms with Gasteiger partial charge in [0, 0.05) is 26.3 Å². The molecule has 1 aromatic heterocycles. The van der Waals surface area contributed by atoms with E-state index in [9.17, 15) is 0 Å². The van der Waals surface area contributed by atoms with Crippen molar-refractivity contribution in [3.05, 3.63) is 40.1 Å². The zero-order valence-electron chi connectivity index (χ0n) is 12.5.